The molecule has 1 saturated heterocycles. The summed E-state index contributed by atoms with van der Waals surface area (Å²) in [7, 11) is 0. The highest BCUT2D eigenvalue weighted by molar-refractivity contribution is 6.33. The number of hydrogen-bond acceptors (Lipinski definition) is 3. The first-order chi connectivity index (χ1) is 13.8. The molecular formula is C21H19ClF3N3O. The number of nitrogens with one attached hydrogen (secondary N) is 2. The second kappa shape index (κ2) is 8.69. The molecule has 1 aliphatic heterocycles. The first kappa shape index (κ1) is 20.9. The summed E-state index contributed by atoms with van der Waals surface area (Å²) < 4.78 is 38.7. The standard InChI is InChI=1S/C21H19ClF3N3O/c22-16-5-1-2-6-17(16)27-18(13-19(26)21(23,24)25)14-7-9-15(10-8-14)20(29)28-11-3-4-12-28/h1-2,5-10,13,26-27H,3-4,11-12H2/b18-13-,26-19?. The number of anilines is 1. The minimum atomic E-state index is -4.78. The van der Waals surface area contributed by atoms with Crippen molar-refractivity contribution in [3.63, 3.8) is 0 Å². The Labute approximate surface area is 171 Å². The van der Waals surface area contributed by atoms with Crippen molar-refractivity contribution in [3.05, 3.63) is 70.8 Å². The molecule has 0 aromatic heterocycles. The van der Waals surface area contributed by atoms with E-state index in [0.29, 0.717) is 41.0 Å². The maximum Gasteiger partial charge on any atom is 0.432 e. The molecule has 8 heteroatoms. The molecule has 1 fully saturated rings. The van der Waals surface area contributed by atoms with E-state index >= 15 is 0 Å². The second-order valence-electron chi connectivity index (χ2n) is 6.65. The van der Waals surface area contributed by atoms with Gasteiger partial charge in [-0.3, -0.25) is 10.2 Å². The molecule has 0 spiro atoms. The molecule has 1 amide bonds. The number of likely N-dealkylation sites (tertiary alicyclic amines) is 1. The van der Waals surface area contributed by atoms with Gasteiger partial charge in [0.1, 0.15) is 5.71 Å². The first-order valence-corrected chi connectivity index (χ1v) is 9.42. The van der Waals surface area contributed by atoms with E-state index in [-0.39, 0.29) is 11.6 Å². The van der Waals surface area contributed by atoms with Gasteiger partial charge < -0.3 is 10.2 Å². The highest BCUT2D eigenvalue weighted by Crippen LogP contribution is 2.27. The number of alkyl halides is 3. The fourth-order valence-corrected chi connectivity index (χ4v) is 3.20. The topological polar surface area (TPSA) is 56.2 Å². The molecule has 0 unspecified atom stereocenters. The van der Waals surface area contributed by atoms with Crippen LogP contribution in [-0.2, 0) is 0 Å². The monoisotopic (exact) mass is 421 g/mol. The van der Waals surface area contributed by atoms with Gasteiger partial charge in [0.15, 0.2) is 0 Å². The van der Waals surface area contributed by atoms with Crippen molar-refractivity contribution in [2.75, 3.05) is 18.4 Å². The Kier molecular flexibility index (Phi) is 6.27. The van der Waals surface area contributed by atoms with Crippen LogP contribution in [0.4, 0.5) is 18.9 Å². The van der Waals surface area contributed by atoms with Crippen molar-refractivity contribution in [2.24, 2.45) is 0 Å². The predicted octanol–water partition coefficient (Wildman–Crippen LogP) is 5.61. The molecule has 0 bridgehead atoms. The summed E-state index contributed by atoms with van der Waals surface area (Å²) in [5, 5.41) is 10.5. The molecule has 29 heavy (non-hydrogen) atoms. The molecule has 1 aliphatic rings. The van der Waals surface area contributed by atoms with Crippen molar-refractivity contribution >= 4 is 34.6 Å². The lowest BCUT2D eigenvalue weighted by Gasteiger charge is -2.17. The van der Waals surface area contributed by atoms with Gasteiger partial charge in [-0.1, -0.05) is 35.9 Å². The summed E-state index contributed by atoms with van der Waals surface area (Å²) in [5.41, 5.74) is -0.159. The molecule has 4 nitrogen and oxygen atoms in total. The summed E-state index contributed by atoms with van der Waals surface area (Å²) in [6.45, 7) is 1.42. The van der Waals surface area contributed by atoms with E-state index in [1.165, 1.54) is 0 Å². The van der Waals surface area contributed by atoms with E-state index in [1.54, 1.807) is 53.4 Å². The quantitative estimate of drug-likeness (QED) is 0.616. The van der Waals surface area contributed by atoms with Crippen LogP contribution in [0.15, 0.2) is 54.6 Å². The van der Waals surface area contributed by atoms with Gasteiger partial charge >= 0.3 is 6.18 Å². The van der Waals surface area contributed by atoms with Crippen molar-refractivity contribution < 1.29 is 18.0 Å². The zero-order valence-corrected chi connectivity index (χ0v) is 16.1. The molecular weight excluding hydrogens is 403 g/mol. The lowest BCUT2D eigenvalue weighted by Crippen LogP contribution is -2.27. The molecule has 0 radical (unpaired) electrons. The fraction of sp³-hybridized carbons (Fsp3) is 0.238. The summed E-state index contributed by atoms with van der Waals surface area (Å²) in [5.74, 6) is -0.0957. The third-order valence-electron chi connectivity index (χ3n) is 4.57. The third kappa shape index (κ3) is 5.17. The second-order valence-corrected chi connectivity index (χ2v) is 7.06. The van der Waals surface area contributed by atoms with E-state index in [2.05, 4.69) is 5.32 Å². The van der Waals surface area contributed by atoms with Gasteiger partial charge in [0.05, 0.1) is 10.7 Å². The van der Waals surface area contributed by atoms with Crippen LogP contribution in [0.25, 0.3) is 5.70 Å². The van der Waals surface area contributed by atoms with Crippen LogP contribution < -0.4 is 5.32 Å². The van der Waals surface area contributed by atoms with Crippen LogP contribution in [0.1, 0.15) is 28.8 Å². The van der Waals surface area contributed by atoms with E-state index in [9.17, 15) is 18.0 Å². The number of para-hydroxylation sites is 1. The lowest BCUT2D eigenvalue weighted by molar-refractivity contribution is -0.0583. The fourth-order valence-electron chi connectivity index (χ4n) is 3.02. The number of hydrogen-bond donors (Lipinski definition) is 2. The molecule has 2 N–H and O–H groups in total. The Morgan fingerprint density at radius 1 is 1.03 bits per heavy atom. The molecule has 0 atom stereocenters. The number of nitrogens with zero attached hydrogens (tertiary/aromatic N) is 1. The van der Waals surface area contributed by atoms with Gasteiger partial charge in [0.2, 0.25) is 0 Å². The maximum absolute atomic E-state index is 12.9. The van der Waals surface area contributed by atoms with Gasteiger partial charge in [-0.25, -0.2) is 0 Å². The van der Waals surface area contributed by atoms with Crippen molar-refractivity contribution in [3.8, 4) is 0 Å². The minimum absolute atomic E-state index is 0.0561. The van der Waals surface area contributed by atoms with E-state index < -0.39 is 11.9 Å². The normalized spacial score (nSPS) is 14.8. The third-order valence-corrected chi connectivity index (χ3v) is 4.90. The van der Waals surface area contributed by atoms with Crippen molar-refractivity contribution in [1.82, 2.24) is 4.90 Å². The Morgan fingerprint density at radius 3 is 2.21 bits per heavy atom. The average molecular weight is 422 g/mol. The summed E-state index contributed by atoms with van der Waals surface area (Å²) >= 11 is 6.11. The van der Waals surface area contributed by atoms with Crippen LogP contribution in [0.3, 0.4) is 0 Å². The van der Waals surface area contributed by atoms with Crippen molar-refractivity contribution in [1.29, 1.82) is 5.41 Å². The van der Waals surface area contributed by atoms with Crippen molar-refractivity contribution in [2.45, 2.75) is 19.0 Å². The number of benzene rings is 2. The number of amides is 1. The highest BCUT2D eigenvalue weighted by Gasteiger charge is 2.33. The summed E-state index contributed by atoms with van der Waals surface area (Å²) in [4.78, 5) is 14.2. The largest absolute Gasteiger partial charge is 0.432 e. The molecule has 2 aromatic carbocycles. The summed E-state index contributed by atoms with van der Waals surface area (Å²) in [6, 6.07) is 12.9. The van der Waals surface area contributed by atoms with Crippen LogP contribution in [-0.4, -0.2) is 35.8 Å². The Balaban J connectivity index is 1.91. The average Bonchev–Trinajstić information content (AvgIpc) is 3.22. The smallest absolute Gasteiger partial charge is 0.354 e. The van der Waals surface area contributed by atoms with Crippen LogP contribution in [0.2, 0.25) is 5.02 Å². The van der Waals surface area contributed by atoms with Gasteiger partial charge in [-0.05, 0) is 48.7 Å². The Bertz CT molecular complexity index is 933. The SMILES string of the molecule is N=C(/C=C(\Nc1ccccc1Cl)c1ccc(C(=O)N2CCCC2)cc1)C(F)(F)F. The zero-order chi connectivity index (χ0) is 21.0. The number of rotatable bonds is 5. The zero-order valence-electron chi connectivity index (χ0n) is 15.4. The van der Waals surface area contributed by atoms with E-state index in [0.717, 1.165) is 12.8 Å². The van der Waals surface area contributed by atoms with Crippen LogP contribution in [0, 0.1) is 5.41 Å². The molecule has 2 aromatic rings. The highest BCUT2D eigenvalue weighted by atomic mass is 35.5. The van der Waals surface area contributed by atoms with Crippen LogP contribution >= 0.6 is 11.6 Å². The molecule has 0 saturated carbocycles. The minimum Gasteiger partial charge on any atom is -0.354 e. The lowest BCUT2D eigenvalue weighted by atomic mass is 10.1. The van der Waals surface area contributed by atoms with Gasteiger partial charge in [-0.15, -0.1) is 0 Å². The number of carbonyl (C=O) groups is 1. The molecule has 152 valence electrons. The first-order valence-electron chi connectivity index (χ1n) is 9.04. The summed E-state index contributed by atoms with van der Waals surface area (Å²) in [6.07, 6.45) is -2.13. The van der Waals surface area contributed by atoms with Gasteiger partial charge in [0, 0.05) is 24.4 Å². The van der Waals surface area contributed by atoms with Gasteiger partial charge in [0.25, 0.3) is 5.91 Å². The van der Waals surface area contributed by atoms with E-state index in [1.807, 2.05) is 0 Å². The van der Waals surface area contributed by atoms with Crippen LogP contribution in [0.5, 0.6) is 0 Å². The molecule has 3 rings (SSSR count). The predicted molar refractivity (Wildman–Crippen MR) is 108 cm³/mol. The number of carbonyl (C=O) groups excluding carboxylic acids is 1. The molecule has 0 aliphatic carbocycles. The molecule has 1 heterocycles. The van der Waals surface area contributed by atoms with Gasteiger partial charge in [-0.2, -0.15) is 13.2 Å². The Hall–Kier alpha value is -2.80. The maximum atomic E-state index is 12.9. The number of allylic oxidation sites excluding steroid dienone is 1. The van der Waals surface area contributed by atoms with E-state index in [4.69, 9.17) is 17.0 Å². The number of halogens is 4. The Morgan fingerprint density at radius 2 is 1.62 bits per heavy atom.